The van der Waals surface area contributed by atoms with Crippen LogP contribution in [0.3, 0.4) is 0 Å². The number of carbonyl (C=O) groups excluding carboxylic acids is 4. The molecule has 1 saturated carbocycles. The molecule has 11 heteroatoms. The topological polar surface area (TPSA) is 166 Å². The average Bonchev–Trinajstić information content (AvgIpc) is 3.66. The molecule has 0 aliphatic heterocycles. The summed E-state index contributed by atoms with van der Waals surface area (Å²) < 4.78 is 0. The SMILES string of the molecule is CCC(C)CC(NC(=O)c1nc2ccccc2[nH]1)C(=O)NC(Cc1ccc[nH]c1=O)C(=O)C(=O)NCC1CC1. The van der Waals surface area contributed by atoms with Gasteiger partial charge in [-0.2, -0.15) is 0 Å². The van der Waals surface area contributed by atoms with E-state index in [0.717, 1.165) is 19.3 Å². The second-order valence-corrected chi connectivity index (χ2v) is 10.2. The Bertz CT molecular complexity index is 1380. The third kappa shape index (κ3) is 7.40. The maximum atomic E-state index is 13.5. The predicted octanol–water partition coefficient (Wildman–Crippen LogP) is 1.61. The number of aromatic amines is 2. The zero-order chi connectivity index (χ0) is 27.9. The Morgan fingerprint density at radius 1 is 1.05 bits per heavy atom. The molecule has 0 radical (unpaired) electrons. The number of aromatic nitrogens is 3. The fourth-order valence-corrected chi connectivity index (χ4v) is 4.21. The Balaban J connectivity index is 1.53. The van der Waals surface area contributed by atoms with Crippen LogP contribution in [0.5, 0.6) is 0 Å². The van der Waals surface area contributed by atoms with Crippen molar-refractivity contribution < 1.29 is 19.2 Å². The summed E-state index contributed by atoms with van der Waals surface area (Å²) in [7, 11) is 0. The number of ketones is 1. The Kier molecular flexibility index (Phi) is 8.90. The van der Waals surface area contributed by atoms with Gasteiger partial charge >= 0.3 is 0 Å². The zero-order valence-corrected chi connectivity index (χ0v) is 22.1. The molecule has 39 heavy (non-hydrogen) atoms. The highest BCUT2D eigenvalue weighted by atomic mass is 16.2. The van der Waals surface area contributed by atoms with Crippen molar-refractivity contribution in [1.82, 2.24) is 30.9 Å². The normalized spacial score (nSPS) is 15.2. The minimum absolute atomic E-state index is 0.0565. The van der Waals surface area contributed by atoms with Gasteiger partial charge in [-0.25, -0.2) is 4.98 Å². The van der Waals surface area contributed by atoms with Gasteiger partial charge in [-0.15, -0.1) is 0 Å². The van der Waals surface area contributed by atoms with Crippen LogP contribution in [-0.2, 0) is 20.8 Å². The summed E-state index contributed by atoms with van der Waals surface area (Å²) in [6.07, 6.45) is 4.33. The summed E-state index contributed by atoms with van der Waals surface area (Å²) in [5.74, 6) is -2.37. The van der Waals surface area contributed by atoms with Crippen LogP contribution < -0.4 is 21.5 Å². The van der Waals surface area contributed by atoms with Crippen LogP contribution in [0, 0.1) is 11.8 Å². The van der Waals surface area contributed by atoms with Crippen molar-refractivity contribution >= 4 is 34.5 Å². The standard InChI is InChI=1S/C28H34N6O5/c1-3-16(2)13-22(34-28(39)24-31-19-8-4-5-9-20(19)32-24)26(37)33-21(14-18-7-6-12-29-25(18)36)23(35)27(38)30-15-17-10-11-17/h4-9,12,16-17,21-22H,3,10-11,13-15H2,1-2H3,(H,29,36)(H,30,38)(H,31,32)(H,33,37)(H,34,39). The lowest BCUT2D eigenvalue weighted by molar-refractivity contribution is -0.140. The monoisotopic (exact) mass is 534 g/mol. The Morgan fingerprint density at radius 2 is 1.82 bits per heavy atom. The first-order chi connectivity index (χ1) is 18.7. The number of imidazole rings is 1. The molecule has 3 unspecified atom stereocenters. The number of benzene rings is 1. The number of nitrogens with one attached hydrogen (secondary N) is 5. The molecule has 2 heterocycles. The first-order valence-corrected chi connectivity index (χ1v) is 13.3. The third-order valence-electron chi connectivity index (χ3n) is 6.99. The van der Waals surface area contributed by atoms with Gasteiger partial charge < -0.3 is 25.9 Å². The predicted molar refractivity (Wildman–Crippen MR) is 145 cm³/mol. The smallest absolute Gasteiger partial charge is 0.289 e. The highest BCUT2D eigenvalue weighted by Crippen LogP contribution is 2.27. The number of H-pyrrole nitrogens is 2. The lowest BCUT2D eigenvalue weighted by Gasteiger charge is -2.24. The second-order valence-electron chi connectivity index (χ2n) is 10.2. The van der Waals surface area contributed by atoms with E-state index in [1.54, 1.807) is 24.3 Å². The highest BCUT2D eigenvalue weighted by Gasteiger charge is 2.33. The summed E-state index contributed by atoms with van der Waals surface area (Å²) >= 11 is 0. The molecule has 206 valence electrons. The van der Waals surface area contributed by atoms with E-state index in [1.807, 2.05) is 19.9 Å². The lowest BCUT2D eigenvalue weighted by Crippen LogP contribution is -2.55. The maximum absolute atomic E-state index is 13.5. The van der Waals surface area contributed by atoms with Crippen LogP contribution in [0.15, 0.2) is 47.4 Å². The van der Waals surface area contributed by atoms with Crippen molar-refractivity contribution in [2.75, 3.05) is 6.54 Å². The number of carbonyl (C=O) groups is 4. The fraction of sp³-hybridized carbons (Fsp3) is 0.429. The van der Waals surface area contributed by atoms with E-state index in [4.69, 9.17) is 0 Å². The summed E-state index contributed by atoms with van der Waals surface area (Å²) in [5, 5.41) is 8.00. The second kappa shape index (κ2) is 12.5. The number of para-hydroxylation sites is 2. The van der Waals surface area contributed by atoms with Crippen LogP contribution >= 0.6 is 0 Å². The van der Waals surface area contributed by atoms with Gasteiger partial charge in [0.05, 0.1) is 11.0 Å². The van der Waals surface area contributed by atoms with E-state index in [9.17, 15) is 24.0 Å². The molecule has 0 saturated heterocycles. The molecular weight excluding hydrogens is 500 g/mol. The number of hydrogen-bond donors (Lipinski definition) is 5. The van der Waals surface area contributed by atoms with Crippen LogP contribution in [-0.4, -0.2) is 57.1 Å². The minimum Gasteiger partial charge on any atom is -0.349 e. The van der Waals surface area contributed by atoms with Crippen molar-refractivity contribution in [1.29, 1.82) is 0 Å². The van der Waals surface area contributed by atoms with Crippen LogP contribution in [0.2, 0.25) is 0 Å². The first kappa shape index (κ1) is 27.7. The molecule has 4 rings (SSSR count). The van der Waals surface area contributed by atoms with Gasteiger partial charge in [0.2, 0.25) is 11.7 Å². The number of amides is 3. The summed E-state index contributed by atoms with van der Waals surface area (Å²) in [4.78, 5) is 74.4. The number of Topliss-reactive ketones (excluding diaryl/α,β-unsaturated/α-hetero) is 1. The third-order valence-corrected chi connectivity index (χ3v) is 6.99. The van der Waals surface area contributed by atoms with Crippen LogP contribution in [0.1, 0.15) is 55.7 Å². The largest absolute Gasteiger partial charge is 0.349 e. The van der Waals surface area contributed by atoms with E-state index in [2.05, 4.69) is 30.9 Å². The van der Waals surface area contributed by atoms with Crippen LogP contribution in [0.25, 0.3) is 11.0 Å². The molecule has 11 nitrogen and oxygen atoms in total. The van der Waals surface area contributed by atoms with Crippen molar-refractivity contribution in [3.8, 4) is 0 Å². The molecule has 0 spiro atoms. The van der Waals surface area contributed by atoms with Gasteiger partial charge in [0.1, 0.15) is 12.1 Å². The van der Waals surface area contributed by atoms with Gasteiger partial charge in [-0.3, -0.25) is 24.0 Å². The van der Waals surface area contributed by atoms with Gasteiger partial charge in [-0.1, -0.05) is 38.5 Å². The molecule has 3 aromatic rings. The molecule has 1 aliphatic carbocycles. The van der Waals surface area contributed by atoms with E-state index < -0.39 is 41.1 Å². The lowest BCUT2D eigenvalue weighted by atomic mass is 9.97. The molecular formula is C28H34N6O5. The summed E-state index contributed by atoms with van der Waals surface area (Å²) in [6.45, 7) is 4.31. The molecule has 5 N–H and O–H groups in total. The molecule has 1 aliphatic rings. The minimum atomic E-state index is -1.29. The molecule has 3 amide bonds. The Morgan fingerprint density at radius 3 is 2.51 bits per heavy atom. The zero-order valence-electron chi connectivity index (χ0n) is 22.1. The molecule has 3 atom stereocenters. The van der Waals surface area contributed by atoms with Gasteiger partial charge in [0, 0.05) is 24.7 Å². The van der Waals surface area contributed by atoms with E-state index in [1.165, 1.54) is 12.3 Å². The first-order valence-electron chi connectivity index (χ1n) is 13.3. The molecule has 1 aromatic carbocycles. The Labute approximate surface area is 225 Å². The summed E-state index contributed by atoms with van der Waals surface area (Å²) in [5.41, 5.74) is 1.12. The van der Waals surface area contributed by atoms with E-state index >= 15 is 0 Å². The molecule has 1 fully saturated rings. The van der Waals surface area contributed by atoms with Crippen molar-refractivity contribution in [2.24, 2.45) is 11.8 Å². The van der Waals surface area contributed by atoms with Crippen molar-refractivity contribution in [3.05, 3.63) is 64.3 Å². The summed E-state index contributed by atoms with van der Waals surface area (Å²) in [6, 6.07) is 8.03. The van der Waals surface area contributed by atoms with Gasteiger partial charge in [-0.05, 0) is 49.3 Å². The fourth-order valence-electron chi connectivity index (χ4n) is 4.21. The van der Waals surface area contributed by atoms with Gasteiger partial charge in [0.25, 0.3) is 17.4 Å². The quantitative estimate of drug-likeness (QED) is 0.209. The van der Waals surface area contributed by atoms with Crippen molar-refractivity contribution in [3.63, 3.8) is 0 Å². The number of rotatable bonds is 13. The number of hydrogen-bond acceptors (Lipinski definition) is 6. The maximum Gasteiger partial charge on any atom is 0.289 e. The number of nitrogens with zero attached hydrogens (tertiary/aromatic N) is 1. The highest BCUT2D eigenvalue weighted by molar-refractivity contribution is 6.38. The average molecular weight is 535 g/mol. The van der Waals surface area contributed by atoms with Crippen LogP contribution in [0.4, 0.5) is 0 Å². The van der Waals surface area contributed by atoms with E-state index in [0.29, 0.717) is 29.9 Å². The number of fused-ring (bicyclic) bond motifs is 1. The molecule has 2 aromatic heterocycles. The van der Waals surface area contributed by atoms with Gasteiger partial charge in [0.15, 0.2) is 5.82 Å². The number of pyridine rings is 1. The Hall–Kier alpha value is -4.28. The van der Waals surface area contributed by atoms with Crippen molar-refractivity contribution in [2.45, 2.75) is 58.0 Å². The molecule has 0 bridgehead atoms. The van der Waals surface area contributed by atoms with E-state index in [-0.39, 0.29) is 23.7 Å².